The number of halogens is 1. The molecule has 0 radical (unpaired) electrons. The Morgan fingerprint density at radius 1 is 1.62 bits per heavy atom. The van der Waals surface area contributed by atoms with Crippen LogP contribution in [0.4, 0.5) is 0 Å². The zero-order chi connectivity index (χ0) is 5.70. The summed E-state index contributed by atoms with van der Waals surface area (Å²) in [6.07, 6.45) is 0. The molecule has 0 heterocycles. The molecule has 0 saturated heterocycles. The van der Waals surface area contributed by atoms with Crippen molar-refractivity contribution in [1.29, 1.82) is 0 Å². The molecule has 8 heavy (non-hydrogen) atoms. The van der Waals surface area contributed by atoms with Crippen molar-refractivity contribution in [3.8, 4) is 0 Å². The van der Waals surface area contributed by atoms with Gasteiger partial charge in [0.2, 0.25) is 0 Å². The quantitative estimate of drug-likeness (QED) is 0.621. The Labute approximate surface area is 57.0 Å². The summed E-state index contributed by atoms with van der Waals surface area (Å²) in [6.45, 7) is 2.86. The summed E-state index contributed by atoms with van der Waals surface area (Å²) in [7, 11) is 3.62. The zero-order valence-corrected chi connectivity index (χ0v) is 6.42. The van der Waals surface area contributed by atoms with Crippen molar-refractivity contribution in [2.45, 2.75) is 13.0 Å². The molecular weight excluding hydrogens is 126 g/mol. The number of hydrogen-bond acceptors (Lipinski definition) is 2. The molecule has 0 aliphatic carbocycles. The fourth-order valence-corrected chi connectivity index (χ4v) is 0.333. The number of likely N-dealkylation sites (N-methyl/N-ethyl adjacent to an activating group) is 1. The molecule has 0 aromatic carbocycles. The lowest BCUT2D eigenvalue weighted by molar-refractivity contribution is 0.175. The van der Waals surface area contributed by atoms with Crippen molar-refractivity contribution in [1.82, 2.24) is 5.32 Å². The maximum atomic E-state index is 4.83. The van der Waals surface area contributed by atoms with Crippen LogP contribution in [-0.2, 0) is 4.74 Å². The molecule has 0 saturated carbocycles. The van der Waals surface area contributed by atoms with Crippen LogP contribution in [0.2, 0.25) is 0 Å². The minimum absolute atomic E-state index is 0. The zero-order valence-electron chi connectivity index (χ0n) is 5.60. The molecule has 0 unspecified atom stereocenters. The first-order valence-corrected chi connectivity index (χ1v) is 2.47. The molecule has 0 fully saturated rings. The van der Waals surface area contributed by atoms with E-state index >= 15 is 0 Å². The Morgan fingerprint density at radius 3 is 2.25 bits per heavy atom. The average Bonchev–Trinajstić information content (AvgIpc) is 1.68. The lowest BCUT2D eigenvalue weighted by Crippen LogP contribution is -2.25. The van der Waals surface area contributed by atoms with E-state index in [1.165, 1.54) is 0 Å². The van der Waals surface area contributed by atoms with Gasteiger partial charge in [0.05, 0.1) is 6.61 Å². The van der Waals surface area contributed by atoms with E-state index in [1.807, 2.05) is 7.05 Å². The molecule has 0 aliphatic rings. The maximum Gasteiger partial charge on any atom is 0.0613 e. The Hall–Kier alpha value is 0.210. The van der Waals surface area contributed by atoms with E-state index in [2.05, 4.69) is 12.2 Å². The molecule has 3 heteroatoms. The van der Waals surface area contributed by atoms with E-state index in [9.17, 15) is 0 Å². The smallest absolute Gasteiger partial charge is 0.0613 e. The SMILES string of the molecule is CN[C@@H](C)COC.Cl. The van der Waals surface area contributed by atoms with Crippen LogP contribution in [0, 0.1) is 0 Å². The molecule has 0 spiro atoms. The summed E-state index contributed by atoms with van der Waals surface area (Å²) in [5.74, 6) is 0. The van der Waals surface area contributed by atoms with Gasteiger partial charge in [-0.3, -0.25) is 0 Å². The van der Waals surface area contributed by atoms with Gasteiger partial charge in [0.1, 0.15) is 0 Å². The molecule has 0 aromatic heterocycles. The minimum Gasteiger partial charge on any atom is -0.383 e. The standard InChI is InChI=1S/C5H13NO.ClH/c1-5(6-2)4-7-3;/h5-6H,4H2,1-3H3;1H/t5-;/m0./s1. The molecule has 0 rings (SSSR count). The van der Waals surface area contributed by atoms with Gasteiger partial charge in [-0.25, -0.2) is 0 Å². The van der Waals surface area contributed by atoms with Crippen molar-refractivity contribution in [3.05, 3.63) is 0 Å². The Balaban J connectivity index is 0. The van der Waals surface area contributed by atoms with E-state index < -0.39 is 0 Å². The van der Waals surface area contributed by atoms with Gasteiger partial charge in [-0.1, -0.05) is 0 Å². The number of hydrogen-bond donors (Lipinski definition) is 1. The van der Waals surface area contributed by atoms with Crippen LogP contribution >= 0.6 is 12.4 Å². The molecule has 2 nitrogen and oxygen atoms in total. The Morgan fingerprint density at radius 2 is 2.12 bits per heavy atom. The predicted octanol–water partition coefficient (Wildman–Crippen LogP) is 0.662. The molecule has 0 aliphatic heterocycles. The first-order valence-electron chi connectivity index (χ1n) is 2.47. The van der Waals surface area contributed by atoms with Crippen LogP contribution < -0.4 is 5.32 Å². The van der Waals surface area contributed by atoms with Gasteiger partial charge in [0.15, 0.2) is 0 Å². The molecule has 1 atom stereocenters. The number of nitrogens with one attached hydrogen (secondary N) is 1. The fourth-order valence-electron chi connectivity index (χ4n) is 0.333. The lowest BCUT2D eigenvalue weighted by Gasteiger charge is -2.05. The van der Waals surface area contributed by atoms with E-state index in [1.54, 1.807) is 7.11 Å². The van der Waals surface area contributed by atoms with E-state index in [-0.39, 0.29) is 12.4 Å². The van der Waals surface area contributed by atoms with Gasteiger partial charge in [0.25, 0.3) is 0 Å². The van der Waals surface area contributed by atoms with Gasteiger partial charge in [-0.05, 0) is 14.0 Å². The van der Waals surface area contributed by atoms with Gasteiger partial charge < -0.3 is 10.1 Å². The predicted molar refractivity (Wildman–Crippen MR) is 37.6 cm³/mol. The minimum atomic E-state index is 0. The van der Waals surface area contributed by atoms with Crippen LogP contribution in [0.5, 0.6) is 0 Å². The van der Waals surface area contributed by atoms with E-state index in [0.29, 0.717) is 6.04 Å². The first-order chi connectivity index (χ1) is 3.31. The molecule has 0 amide bonds. The van der Waals surface area contributed by atoms with Crippen LogP contribution in [0.15, 0.2) is 0 Å². The summed E-state index contributed by atoms with van der Waals surface area (Å²) < 4.78 is 4.83. The highest BCUT2D eigenvalue weighted by molar-refractivity contribution is 5.85. The fraction of sp³-hybridized carbons (Fsp3) is 1.00. The van der Waals surface area contributed by atoms with E-state index in [4.69, 9.17) is 4.74 Å². The van der Waals surface area contributed by atoms with Crippen LogP contribution in [0.25, 0.3) is 0 Å². The molecular formula is C5H14ClNO. The first kappa shape index (κ1) is 11.1. The topological polar surface area (TPSA) is 21.3 Å². The van der Waals surface area contributed by atoms with Gasteiger partial charge in [-0.15, -0.1) is 12.4 Å². The maximum absolute atomic E-state index is 4.83. The summed E-state index contributed by atoms with van der Waals surface area (Å²) in [5.41, 5.74) is 0. The van der Waals surface area contributed by atoms with Crippen LogP contribution in [0.1, 0.15) is 6.92 Å². The molecule has 52 valence electrons. The second-order valence-electron chi connectivity index (χ2n) is 1.65. The Bertz CT molecular complexity index is 43.4. The Kier molecular flexibility index (Phi) is 9.97. The molecule has 0 aromatic rings. The summed E-state index contributed by atoms with van der Waals surface area (Å²) in [4.78, 5) is 0. The van der Waals surface area contributed by atoms with Crippen molar-refractivity contribution in [2.75, 3.05) is 20.8 Å². The van der Waals surface area contributed by atoms with Crippen LogP contribution in [0.3, 0.4) is 0 Å². The lowest BCUT2D eigenvalue weighted by atomic mass is 10.4. The normalized spacial score (nSPS) is 12.4. The highest BCUT2D eigenvalue weighted by Crippen LogP contribution is 1.76. The highest BCUT2D eigenvalue weighted by atomic mass is 35.5. The van der Waals surface area contributed by atoms with Crippen molar-refractivity contribution in [3.63, 3.8) is 0 Å². The second kappa shape index (κ2) is 7.21. The van der Waals surface area contributed by atoms with Crippen molar-refractivity contribution in [2.24, 2.45) is 0 Å². The summed E-state index contributed by atoms with van der Waals surface area (Å²) in [6, 6.07) is 0.477. The largest absolute Gasteiger partial charge is 0.383 e. The van der Waals surface area contributed by atoms with Gasteiger partial charge in [-0.2, -0.15) is 0 Å². The number of ether oxygens (including phenoxy) is 1. The van der Waals surface area contributed by atoms with Crippen molar-refractivity contribution >= 4 is 12.4 Å². The summed E-state index contributed by atoms with van der Waals surface area (Å²) in [5, 5.41) is 3.04. The highest BCUT2D eigenvalue weighted by Gasteiger charge is 1.91. The second-order valence-corrected chi connectivity index (χ2v) is 1.65. The van der Waals surface area contributed by atoms with E-state index in [0.717, 1.165) is 6.61 Å². The number of rotatable bonds is 3. The van der Waals surface area contributed by atoms with Gasteiger partial charge in [0, 0.05) is 13.2 Å². The van der Waals surface area contributed by atoms with Crippen LogP contribution in [-0.4, -0.2) is 26.8 Å². The number of methoxy groups -OCH3 is 1. The monoisotopic (exact) mass is 139 g/mol. The van der Waals surface area contributed by atoms with Crippen molar-refractivity contribution < 1.29 is 4.74 Å². The third-order valence-corrected chi connectivity index (χ3v) is 0.909. The molecule has 1 N–H and O–H groups in total. The third-order valence-electron chi connectivity index (χ3n) is 0.909. The average molecular weight is 140 g/mol. The van der Waals surface area contributed by atoms with Gasteiger partial charge >= 0.3 is 0 Å². The summed E-state index contributed by atoms with van der Waals surface area (Å²) >= 11 is 0. The third kappa shape index (κ3) is 6.21. The molecule has 0 bridgehead atoms.